The first-order chi connectivity index (χ1) is 11.6. The third-order valence-electron chi connectivity index (χ3n) is 4.29. The van der Waals surface area contributed by atoms with E-state index < -0.39 is 6.10 Å². The zero-order valence-corrected chi connectivity index (χ0v) is 15.7. The summed E-state index contributed by atoms with van der Waals surface area (Å²) in [7, 11) is 0. The van der Waals surface area contributed by atoms with Gasteiger partial charge in [-0.25, -0.2) is 0 Å². The lowest BCUT2D eigenvalue weighted by atomic mass is 10.1. The van der Waals surface area contributed by atoms with E-state index in [4.69, 9.17) is 10.5 Å². The van der Waals surface area contributed by atoms with Crippen molar-refractivity contribution >= 4 is 29.9 Å². The smallest absolute Gasteiger partial charge is 0.263 e. The van der Waals surface area contributed by atoms with E-state index in [0.29, 0.717) is 30.8 Å². The Kier molecular flexibility index (Phi) is 8.72. The predicted molar refractivity (Wildman–Crippen MR) is 101 cm³/mol. The molecule has 2 amide bonds. The molecule has 1 heterocycles. The van der Waals surface area contributed by atoms with E-state index in [-0.39, 0.29) is 36.8 Å². The van der Waals surface area contributed by atoms with Crippen LogP contribution in [0.2, 0.25) is 0 Å². The average molecular weight is 370 g/mol. The molecule has 6 nitrogen and oxygen atoms in total. The number of halogens is 1. The molecule has 1 aromatic carbocycles. The predicted octanol–water partition coefficient (Wildman–Crippen LogP) is 2.25. The van der Waals surface area contributed by atoms with Gasteiger partial charge in [0.2, 0.25) is 5.91 Å². The number of fused-ring (bicyclic) bond motifs is 1. The van der Waals surface area contributed by atoms with Crippen molar-refractivity contribution in [2.75, 3.05) is 18.0 Å². The highest BCUT2D eigenvalue weighted by molar-refractivity contribution is 5.97. The van der Waals surface area contributed by atoms with Crippen molar-refractivity contribution in [3.8, 4) is 5.75 Å². The molecule has 7 heteroatoms. The van der Waals surface area contributed by atoms with Crippen molar-refractivity contribution in [2.24, 2.45) is 5.73 Å². The Morgan fingerprint density at radius 2 is 2.00 bits per heavy atom. The Hall–Kier alpha value is -1.79. The lowest BCUT2D eigenvalue weighted by molar-refractivity contribution is -0.129. The SMILES string of the molecule is CCC(CC)NC(=O)C1CN(C(=O)CCCN)c2ccccc2O1.Cl. The van der Waals surface area contributed by atoms with Gasteiger partial charge in [0.05, 0.1) is 12.2 Å². The first-order valence-electron chi connectivity index (χ1n) is 8.67. The number of nitrogens with one attached hydrogen (secondary N) is 1. The molecule has 1 atom stereocenters. The molecule has 3 N–H and O–H groups in total. The van der Waals surface area contributed by atoms with Gasteiger partial charge in [0, 0.05) is 12.5 Å². The normalized spacial score (nSPS) is 15.8. The van der Waals surface area contributed by atoms with Crippen LogP contribution in [0.25, 0.3) is 0 Å². The van der Waals surface area contributed by atoms with Gasteiger partial charge in [-0.2, -0.15) is 0 Å². The van der Waals surface area contributed by atoms with Crippen LogP contribution in [0, 0.1) is 0 Å². The number of carbonyl (C=O) groups excluding carboxylic acids is 2. The van der Waals surface area contributed by atoms with Gasteiger partial charge >= 0.3 is 0 Å². The number of hydrogen-bond acceptors (Lipinski definition) is 4. The third kappa shape index (κ3) is 5.34. The van der Waals surface area contributed by atoms with E-state index in [9.17, 15) is 9.59 Å². The number of ether oxygens (including phenoxy) is 1. The molecule has 2 rings (SSSR count). The molecule has 0 aromatic heterocycles. The van der Waals surface area contributed by atoms with Crippen molar-refractivity contribution in [1.29, 1.82) is 0 Å². The third-order valence-corrected chi connectivity index (χ3v) is 4.29. The van der Waals surface area contributed by atoms with E-state index in [0.717, 1.165) is 12.8 Å². The minimum Gasteiger partial charge on any atom is -0.477 e. The van der Waals surface area contributed by atoms with Gasteiger partial charge in [-0.1, -0.05) is 26.0 Å². The molecule has 0 fully saturated rings. The Labute approximate surface area is 155 Å². The van der Waals surface area contributed by atoms with Crippen molar-refractivity contribution in [1.82, 2.24) is 5.32 Å². The fourth-order valence-electron chi connectivity index (χ4n) is 2.78. The number of nitrogens with zero attached hydrogens (tertiary/aromatic N) is 1. The van der Waals surface area contributed by atoms with Gasteiger partial charge in [-0.15, -0.1) is 12.4 Å². The molecule has 0 saturated carbocycles. The second kappa shape index (κ2) is 10.3. The van der Waals surface area contributed by atoms with E-state index in [1.54, 1.807) is 11.0 Å². The fourth-order valence-corrected chi connectivity index (χ4v) is 2.78. The van der Waals surface area contributed by atoms with Crippen molar-refractivity contribution < 1.29 is 14.3 Å². The van der Waals surface area contributed by atoms with Gasteiger partial charge in [-0.05, 0) is 37.9 Å². The van der Waals surface area contributed by atoms with Crippen LogP contribution in [0.15, 0.2) is 24.3 Å². The molecule has 25 heavy (non-hydrogen) atoms. The summed E-state index contributed by atoms with van der Waals surface area (Å²) in [5, 5.41) is 3.00. The van der Waals surface area contributed by atoms with Crippen LogP contribution in [0.5, 0.6) is 5.75 Å². The number of amides is 2. The molecule has 0 saturated heterocycles. The molecule has 140 valence electrons. The largest absolute Gasteiger partial charge is 0.477 e. The molecule has 0 radical (unpaired) electrons. The van der Waals surface area contributed by atoms with Gasteiger partial charge in [0.1, 0.15) is 5.75 Å². The van der Waals surface area contributed by atoms with Gasteiger partial charge in [0.25, 0.3) is 5.91 Å². The number of carbonyl (C=O) groups is 2. The summed E-state index contributed by atoms with van der Waals surface area (Å²) in [5.74, 6) is 0.362. The van der Waals surface area contributed by atoms with Crippen LogP contribution in [-0.2, 0) is 9.59 Å². The Morgan fingerprint density at radius 1 is 1.32 bits per heavy atom. The first kappa shape index (κ1) is 21.3. The van der Waals surface area contributed by atoms with Crippen LogP contribution in [0.3, 0.4) is 0 Å². The summed E-state index contributed by atoms with van der Waals surface area (Å²) < 4.78 is 5.84. The van der Waals surface area contributed by atoms with E-state index >= 15 is 0 Å². The molecule has 0 bridgehead atoms. The van der Waals surface area contributed by atoms with E-state index in [1.807, 2.05) is 32.0 Å². The number of rotatable bonds is 7. The summed E-state index contributed by atoms with van der Waals surface area (Å²) in [6, 6.07) is 7.44. The second-order valence-corrected chi connectivity index (χ2v) is 5.99. The summed E-state index contributed by atoms with van der Waals surface area (Å²) in [6.45, 7) is 4.77. The molecule has 1 aromatic rings. The van der Waals surface area contributed by atoms with Gasteiger partial charge < -0.3 is 20.7 Å². The monoisotopic (exact) mass is 369 g/mol. The van der Waals surface area contributed by atoms with Crippen LogP contribution in [0.4, 0.5) is 5.69 Å². The summed E-state index contributed by atoms with van der Waals surface area (Å²) in [4.78, 5) is 26.7. The molecule has 0 spiro atoms. The zero-order chi connectivity index (χ0) is 17.5. The van der Waals surface area contributed by atoms with Crippen LogP contribution in [-0.4, -0.2) is 37.0 Å². The number of benzene rings is 1. The Morgan fingerprint density at radius 3 is 2.64 bits per heavy atom. The van der Waals surface area contributed by atoms with Crippen LogP contribution >= 0.6 is 12.4 Å². The summed E-state index contributed by atoms with van der Waals surface area (Å²) in [5.41, 5.74) is 6.22. The topological polar surface area (TPSA) is 84.7 Å². The number of nitrogens with two attached hydrogens (primary N) is 1. The highest BCUT2D eigenvalue weighted by atomic mass is 35.5. The second-order valence-electron chi connectivity index (χ2n) is 5.99. The zero-order valence-electron chi connectivity index (χ0n) is 14.9. The maximum Gasteiger partial charge on any atom is 0.263 e. The molecule has 1 aliphatic heterocycles. The number of hydrogen-bond donors (Lipinski definition) is 2. The van der Waals surface area contributed by atoms with Crippen molar-refractivity contribution in [3.05, 3.63) is 24.3 Å². The minimum absolute atomic E-state index is 0. The number of para-hydroxylation sites is 2. The lowest BCUT2D eigenvalue weighted by Crippen LogP contribution is -2.52. The Balaban J connectivity index is 0.00000312. The summed E-state index contributed by atoms with van der Waals surface area (Å²) >= 11 is 0. The Bertz CT molecular complexity index is 578. The minimum atomic E-state index is -0.692. The molecular formula is C18H28ClN3O3. The average Bonchev–Trinajstić information content (AvgIpc) is 2.62. The van der Waals surface area contributed by atoms with Crippen molar-refractivity contribution in [2.45, 2.75) is 51.7 Å². The number of anilines is 1. The fraction of sp³-hybridized carbons (Fsp3) is 0.556. The molecule has 1 aliphatic rings. The van der Waals surface area contributed by atoms with Crippen molar-refractivity contribution in [3.63, 3.8) is 0 Å². The van der Waals surface area contributed by atoms with Gasteiger partial charge in [0.15, 0.2) is 6.10 Å². The highest BCUT2D eigenvalue weighted by Gasteiger charge is 2.33. The maximum atomic E-state index is 12.5. The molecular weight excluding hydrogens is 342 g/mol. The molecule has 1 unspecified atom stereocenters. The first-order valence-corrected chi connectivity index (χ1v) is 8.67. The maximum absolute atomic E-state index is 12.5. The summed E-state index contributed by atoms with van der Waals surface area (Å²) in [6.07, 6.45) is 2.03. The van der Waals surface area contributed by atoms with Crippen LogP contribution < -0.4 is 20.7 Å². The highest BCUT2D eigenvalue weighted by Crippen LogP contribution is 2.33. The lowest BCUT2D eigenvalue weighted by Gasteiger charge is -2.34. The quantitative estimate of drug-likeness (QED) is 0.772. The van der Waals surface area contributed by atoms with Gasteiger partial charge in [-0.3, -0.25) is 9.59 Å². The molecule has 0 aliphatic carbocycles. The van der Waals surface area contributed by atoms with Crippen LogP contribution in [0.1, 0.15) is 39.5 Å². The standard InChI is InChI=1S/C18H27N3O3.ClH/c1-3-13(4-2)20-18(23)16-12-21(17(22)10-7-11-19)14-8-5-6-9-15(14)24-16;/h5-6,8-9,13,16H,3-4,7,10-12,19H2,1-2H3,(H,20,23);1H. The van der Waals surface area contributed by atoms with E-state index in [1.165, 1.54) is 0 Å². The van der Waals surface area contributed by atoms with E-state index in [2.05, 4.69) is 5.32 Å².